The third-order valence-corrected chi connectivity index (χ3v) is 0.890. The second-order valence-corrected chi connectivity index (χ2v) is 1.57. The van der Waals surface area contributed by atoms with Crippen molar-refractivity contribution in [3.63, 3.8) is 0 Å². The van der Waals surface area contributed by atoms with Gasteiger partial charge < -0.3 is 0 Å². The van der Waals surface area contributed by atoms with Crippen molar-refractivity contribution in [2.45, 2.75) is 6.92 Å². The Kier molecular flexibility index (Phi) is 1.34. The molecule has 0 unspecified atom stereocenters. The van der Waals surface area contributed by atoms with Gasteiger partial charge in [-0.05, 0) is 6.92 Å². The van der Waals surface area contributed by atoms with E-state index in [-0.39, 0.29) is 0 Å². The van der Waals surface area contributed by atoms with Crippen molar-refractivity contribution >= 4 is 29.3 Å². The van der Waals surface area contributed by atoms with E-state index >= 15 is 0 Å². The van der Waals surface area contributed by atoms with Gasteiger partial charge in [-0.3, -0.25) is 0 Å². The summed E-state index contributed by atoms with van der Waals surface area (Å²) in [5, 5.41) is 5.02. The zero-order valence-corrected chi connectivity index (χ0v) is 5.14. The maximum Gasteiger partial charge on any atom is 0.187 e. The first-order valence-electron chi connectivity index (χ1n) is 2.12. The molecule has 0 fully saturated rings. The molecule has 3 nitrogen and oxygen atoms in total. The maximum absolute atomic E-state index is 4.54. The van der Waals surface area contributed by atoms with Crippen LogP contribution < -0.4 is 5.43 Å². The second kappa shape index (κ2) is 2.00. The Hall–Kier alpha value is -0.770. The highest BCUT2D eigenvalue weighted by atomic mass is 32.1. The van der Waals surface area contributed by atoms with Crippen LogP contribution in [0.5, 0.6) is 0 Å². The molecule has 41 valence electrons. The van der Waals surface area contributed by atoms with Gasteiger partial charge in [0.15, 0.2) is 5.84 Å². The monoisotopic (exact) mass is 126 g/mol. The quantitative estimate of drug-likeness (QED) is 0.467. The van der Waals surface area contributed by atoms with Gasteiger partial charge in [0.25, 0.3) is 0 Å². The lowest BCUT2D eigenvalue weighted by molar-refractivity contribution is 1.03. The maximum atomic E-state index is 4.54. The molecular formula is C4H4N3S. The van der Waals surface area contributed by atoms with Crippen molar-refractivity contribution < 1.29 is 0 Å². The Morgan fingerprint density at radius 2 is 2.38 bits per heavy atom. The van der Waals surface area contributed by atoms with Crippen LogP contribution in [-0.4, -0.2) is 17.0 Å². The summed E-state index contributed by atoms with van der Waals surface area (Å²) in [6.45, 7) is 1.77. The van der Waals surface area contributed by atoms with Crippen LogP contribution in [-0.2, 0) is 0 Å². The van der Waals surface area contributed by atoms with Gasteiger partial charge in [-0.25, -0.2) is 4.99 Å². The standard InChI is InChI=1S/C4H4N3S/c1-3-5-4(2-8)7-6-3/h2H,1H3. The summed E-state index contributed by atoms with van der Waals surface area (Å²) in [6, 6.07) is 0. The summed E-state index contributed by atoms with van der Waals surface area (Å²) in [4.78, 5) is 3.85. The molecule has 0 spiro atoms. The van der Waals surface area contributed by atoms with Crippen LogP contribution in [0.2, 0.25) is 0 Å². The van der Waals surface area contributed by atoms with E-state index in [1.165, 1.54) is 5.37 Å². The molecule has 0 saturated heterocycles. The zero-order chi connectivity index (χ0) is 5.98. The van der Waals surface area contributed by atoms with Crippen molar-refractivity contribution in [1.29, 1.82) is 0 Å². The van der Waals surface area contributed by atoms with Crippen LogP contribution in [0.1, 0.15) is 6.92 Å². The number of nitrogens with zero attached hydrogens (tertiary/aromatic N) is 3. The van der Waals surface area contributed by atoms with Crippen LogP contribution in [0.4, 0.5) is 0 Å². The lowest BCUT2D eigenvalue weighted by Crippen LogP contribution is -1.96. The highest BCUT2D eigenvalue weighted by Gasteiger charge is 2.01. The molecule has 1 rings (SSSR count). The van der Waals surface area contributed by atoms with Crippen molar-refractivity contribution in [2.24, 2.45) is 10.1 Å². The predicted molar refractivity (Wildman–Crippen MR) is 36.3 cm³/mol. The summed E-state index contributed by atoms with van der Waals surface area (Å²) in [5.74, 6) is 1.19. The SMILES string of the molecule is CC1=NC(C=S)=N[N]1. The van der Waals surface area contributed by atoms with E-state index in [9.17, 15) is 0 Å². The number of hydrogen-bond acceptors (Lipinski definition) is 3. The normalized spacial score (nSPS) is 16.6. The van der Waals surface area contributed by atoms with E-state index in [0.29, 0.717) is 11.7 Å². The van der Waals surface area contributed by atoms with Gasteiger partial charge in [0.05, 0.1) is 0 Å². The van der Waals surface area contributed by atoms with Crippen molar-refractivity contribution in [3.05, 3.63) is 0 Å². The fourth-order valence-electron chi connectivity index (χ4n) is 0.384. The van der Waals surface area contributed by atoms with Gasteiger partial charge in [-0.15, -0.1) is 10.5 Å². The third kappa shape index (κ3) is 0.894. The van der Waals surface area contributed by atoms with Crippen molar-refractivity contribution in [1.82, 2.24) is 5.43 Å². The zero-order valence-electron chi connectivity index (χ0n) is 4.33. The van der Waals surface area contributed by atoms with Crippen LogP contribution in [0.3, 0.4) is 0 Å². The summed E-state index contributed by atoms with van der Waals surface area (Å²) < 4.78 is 0. The smallest absolute Gasteiger partial charge is 0.187 e. The number of thiocarbonyl (C=S) groups is 1. The number of hydrogen-bond donors (Lipinski definition) is 0. The largest absolute Gasteiger partial charge is 0.209 e. The molecule has 1 radical (unpaired) electrons. The highest BCUT2D eigenvalue weighted by molar-refractivity contribution is 7.80. The molecule has 4 heteroatoms. The molecule has 0 amide bonds. The molecule has 0 aromatic carbocycles. The molecular weight excluding hydrogens is 122 g/mol. The van der Waals surface area contributed by atoms with E-state index < -0.39 is 0 Å². The average molecular weight is 126 g/mol. The lowest BCUT2D eigenvalue weighted by atomic mass is 10.7. The Labute approximate surface area is 52.5 Å². The minimum atomic E-state index is 0.525. The summed E-state index contributed by atoms with van der Waals surface area (Å²) in [6.07, 6.45) is 0. The Balaban J connectivity index is 2.72. The van der Waals surface area contributed by atoms with E-state index in [1.807, 2.05) is 0 Å². The van der Waals surface area contributed by atoms with Gasteiger partial charge in [0.1, 0.15) is 5.84 Å². The molecule has 1 aliphatic rings. The Morgan fingerprint density at radius 3 is 2.62 bits per heavy atom. The van der Waals surface area contributed by atoms with Crippen molar-refractivity contribution in [2.75, 3.05) is 0 Å². The predicted octanol–water partition coefficient (Wildman–Crippen LogP) is 0.336. The fraction of sp³-hybridized carbons (Fsp3) is 0.250. The molecule has 0 bridgehead atoms. The molecule has 0 atom stereocenters. The molecule has 8 heavy (non-hydrogen) atoms. The number of aliphatic imine (C=N–C) groups is 1. The molecule has 0 N–H and O–H groups in total. The van der Waals surface area contributed by atoms with Gasteiger partial charge in [0.2, 0.25) is 0 Å². The second-order valence-electron chi connectivity index (χ2n) is 1.34. The van der Waals surface area contributed by atoms with Gasteiger partial charge in [-0.1, -0.05) is 12.2 Å². The van der Waals surface area contributed by atoms with E-state index in [0.717, 1.165) is 0 Å². The van der Waals surface area contributed by atoms with Gasteiger partial charge in [-0.2, -0.15) is 0 Å². The minimum Gasteiger partial charge on any atom is -0.209 e. The van der Waals surface area contributed by atoms with E-state index in [2.05, 4.69) is 27.7 Å². The fourth-order valence-corrected chi connectivity index (χ4v) is 0.484. The van der Waals surface area contributed by atoms with Crippen LogP contribution in [0.15, 0.2) is 10.1 Å². The van der Waals surface area contributed by atoms with Crippen LogP contribution >= 0.6 is 12.2 Å². The topological polar surface area (TPSA) is 38.8 Å². The third-order valence-electron chi connectivity index (χ3n) is 0.679. The number of amidine groups is 2. The average Bonchev–Trinajstić information content (AvgIpc) is 2.14. The summed E-state index contributed by atoms with van der Waals surface area (Å²) in [7, 11) is 0. The lowest BCUT2D eigenvalue weighted by Gasteiger charge is -1.75. The first-order valence-corrected chi connectivity index (χ1v) is 2.59. The number of rotatable bonds is 1. The van der Waals surface area contributed by atoms with Crippen LogP contribution in [0.25, 0.3) is 0 Å². The van der Waals surface area contributed by atoms with E-state index in [4.69, 9.17) is 0 Å². The first kappa shape index (κ1) is 5.37. The highest BCUT2D eigenvalue weighted by Crippen LogP contribution is 1.88. The molecule has 1 heterocycles. The minimum absolute atomic E-state index is 0.525. The van der Waals surface area contributed by atoms with Crippen molar-refractivity contribution in [3.8, 4) is 0 Å². The van der Waals surface area contributed by atoms with Gasteiger partial charge >= 0.3 is 0 Å². The first-order chi connectivity index (χ1) is 3.83. The molecule has 0 aromatic rings. The Morgan fingerprint density at radius 1 is 1.62 bits per heavy atom. The molecule has 1 aliphatic heterocycles. The van der Waals surface area contributed by atoms with E-state index in [1.54, 1.807) is 6.92 Å². The summed E-state index contributed by atoms with van der Waals surface area (Å²) in [5.41, 5.74) is 3.63. The summed E-state index contributed by atoms with van der Waals surface area (Å²) >= 11 is 4.54. The molecule has 0 aliphatic carbocycles. The molecule has 0 aromatic heterocycles. The van der Waals surface area contributed by atoms with Crippen LogP contribution in [0, 0.1) is 0 Å². The molecule has 0 saturated carbocycles. The Bertz CT molecular complexity index is 170. The van der Waals surface area contributed by atoms with Gasteiger partial charge in [0, 0.05) is 5.37 Å².